The summed E-state index contributed by atoms with van der Waals surface area (Å²) in [4.78, 5) is 5.95. The maximum absolute atomic E-state index is 3.46. The highest BCUT2D eigenvalue weighted by Crippen LogP contribution is 2.29. The Balaban J connectivity index is 0.00000132. The largest absolute Gasteiger partial charge is 0.361 e. The molecule has 1 fully saturated rings. The van der Waals surface area contributed by atoms with Crippen LogP contribution in [-0.4, -0.2) is 36.1 Å². The van der Waals surface area contributed by atoms with Crippen molar-refractivity contribution in [3.63, 3.8) is 0 Å². The van der Waals surface area contributed by atoms with Gasteiger partial charge in [-0.25, -0.2) is 0 Å². The average Bonchev–Trinajstić information content (AvgIpc) is 2.96. The number of hydrogen-bond acceptors (Lipinski definition) is 2. The van der Waals surface area contributed by atoms with Crippen LogP contribution in [0.2, 0.25) is 0 Å². The van der Waals surface area contributed by atoms with Crippen LogP contribution in [0.25, 0.3) is 10.9 Å². The third kappa shape index (κ3) is 5.12. The number of rotatable bonds is 5. The number of benzene rings is 1. The van der Waals surface area contributed by atoms with Gasteiger partial charge in [-0.2, -0.15) is 0 Å². The quantitative estimate of drug-likeness (QED) is 0.830. The molecule has 3 rings (SSSR count). The molecule has 130 valence electrons. The summed E-state index contributed by atoms with van der Waals surface area (Å²) >= 11 is 0. The van der Waals surface area contributed by atoms with Gasteiger partial charge in [0.2, 0.25) is 0 Å². The Morgan fingerprint density at radius 3 is 2.48 bits per heavy atom. The number of nitrogens with zero attached hydrogens (tertiary/aromatic N) is 1. The van der Waals surface area contributed by atoms with E-state index in [0.717, 1.165) is 32.1 Å². The number of hydrogen-bond donors (Lipinski definition) is 2. The highest BCUT2D eigenvalue weighted by molar-refractivity contribution is 5.85. The molecule has 0 saturated carbocycles. The molecule has 1 atom stereocenters. The van der Waals surface area contributed by atoms with Gasteiger partial charge in [0.25, 0.3) is 0 Å². The molecule has 1 aliphatic rings. The molecule has 0 spiro atoms. The highest BCUT2D eigenvalue weighted by Gasteiger charge is 2.22. The fourth-order valence-electron chi connectivity index (χ4n) is 3.32. The number of aromatic nitrogens is 1. The molecule has 3 nitrogen and oxygen atoms in total. The topological polar surface area (TPSA) is 31.1 Å². The molecule has 2 N–H and O–H groups in total. The maximum atomic E-state index is 3.46. The zero-order valence-electron chi connectivity index (χ0n) is 14.0. The molecule has 0 unspecified atom stereocenters. The molecule has 0 amide bonds. The van der Waals surface area contributed by atoms with E-state index in [4.69, 9.17) is 0 Å². The summed E-state index contributed by atoms with van der Waals surface area (Å²) in [6.45, 7) is 9.20. The summed E-state index contributed by atoms with van der Waals surface area (Å²) in [5.41, 5.74) is 2.71. The fourth-order valence-corrected chi connectivity index (χ4v) is 3.32. The van der Waals surface area contributed by atoms with Crippen LogP contribution in [-0.2, 0) is 0 Å². The van der Waals surface area contributed by atoms with Gasteiger partial charge < -0.3 is 10.3 Å². The Kier molecular flexibility index (Phi) is 8.41. The molecule has 0 radical (unpaired) electrons. The number of halogens is 2. The Hall–Kier alpha value is -0.740. The minimum absolute atomic E-state index is 0. The average molecular weight is 358 g/mol. The Morgan fingerprint density at radius 2 is 1.78 bits per heavy atom. The first-order chi connectivity index (χ1) is 10.2. The Bertz CT molecular complexity index is 576. The predicted octanol–water partition coefficient (Wildman–Crippen LogP) is 4.39. The van der Waals surface area contributed by atoms with Crippen molar-refractivity contribution in [2.75, 3.05) is 26.2 Å². The highest BCUT2D eigenvalue weighted by atomic mass is 35.5. The van der Waals surface area contributed by atoms with Crippen molar-refractivity contribution < 1.29 is 0 Å². The molecule has 0 aliphatic carbocycles. The minimum atomic E-state index is 0. The van der Waals surface area contributed by atoms with Gasteiger partial charge in [0.05, 0.1) is 0 Å². The minimum Gasteiger partial charge on any atom is -0.361 e. The van der Waals surface area contributed by atoms with E-state index in [0.29, 0.717) is 6.04 Å². The zero-order chi connectivity index (χ0) is 14.7. The van der Waals surface area contributed by atoms with E-state index in [1.165, 1.54) is 29.3 Å². The number of fused-ring (bicyclic) bond motifs is 1. The molecular weight excluding hydrogens is 329 g/mol. The smallest absolute Gasteiger partial charge is 0.0454 e. The standard InChI is InChI=1S/C18H27N3.2ClH/c1-14(2)3-6-18(21-11-9-19-10-12-21)16-4-5-17-15(13-16)7-8-20-17;;/h4-5,7-8,13-14,18-20H,3,6,9-12H2,1-2H3;2*1H/t18-;;/m1../s1. The van der Waals surface area contributed by atoms with E-state index in [2.05, 4.69) is 53.3 Å². The number of H-pyrrole nitrogens is 1. The van der Waals surface area contributed by atoms with Crippen molar-refractivity contribution in [3.05, 3.63) is 36.0 Å². The Labute approximate surface area is 152 Å². The lowest BCUT2D eigenvalue weighted by Crippen LogP contribution is -2.45. The number of piperazine rings is 1. The van der Waals surface area contributed by atoms with Crippen LogP contribution in [0.4, 0.5) is 0 Å². The lowest BCUT2D eigenvalue weighted by molar-refractivity contribution is 0.160. The number of nitrogens with one attached hydrogen (secondary N) is 2. The summed E-state index contributed by atoms with van der Waals surface area (Å²) in [6, 6.07) is 9.66. The molecule has 1 aliphatic heterocycles. The van der Waals surface area contributed by atoms with Crippen LogP contribution in [0.15, 0.2) is 30.5 Å². The molecule has 0 bridgehead atoms. The van der Waals surface area contributed by atoms with Crippen LogP contribution < -0.4 is 5.32 Å². The Morgan fingerprint density at radius 1 is 1.04 bits per heavy atom. The molecular formula is C18H29Cl2N3. The monoisotopic (exact) mass is 357 g/mol. The van der Waals surface area contributed by atoms with E-state index < -0.39 is 0 Å². The van der Waals surface area contributed by atoms with Crippen molar-refractivity contribution in [2.24, 2.45) is 5.92 Å². The van der Waals surface area contributed by atoms with Crippen LogP contribution in [0.3, 0.4) is 0 Å². The molecule has 2 aromatic rings. The molecule has 2 heterocycles. The molecule has 5 heteroatoms. The van der Waals surface area contributed by atoms with Gasteiger partial charge >= 0.3 is 0 Å². The normalized spacial score (nSPS) is 16.8. The van der Waals surface area contributed by atoms with Gasteiger partial charge in [0, 0.05) is 43.9 Å². The SMILES string of the molecule is CC(C)CC[C@H](c1ccc2[nH]ccc2c1)N1CCNCC1.Cl.Cl. The van der Waals surface area contributed by atoms with Crippen molar-refractivity contribution in [1.29, 1.82) is 0 Å². The van der Waals surface area contributed by atoms with Crippen molar-refractivity contribution in [1.82, 2.24) is 15.2 Å². The van der Waals surface area contributed by atoms with Crippen molar-refractivity contribution in [2.45, 2.75) is 32.7 Å². The van der Waals surface area contributed by atoms with Crippen LogP contribution in [0, 0.1) is 5.92 Å². The predicted molar refractivity (Wildman–Crippen MR) is 104 cm³/mol. The molecule has 1 aromatic heterocycles. The summed E-state index contributed by atoms with van der Waals surface area (Å²) in [5, 5.41) is 4.80. The summed E-state index contributed by atoms with van der Waals surface area (Å²) in [6.07, 6.45) is 4.58. The van der Waals surface area contributed by atoms with Gasteiger partial charge in [-0.15, -0.1) is 24.8 Å². The second-order valence-corrected chi connectivity index (χ2v) is 6.60. The van der Waals surface area contributed by atoms with Gasteiger partial charge in [-0.1, -0.05) is 19.9 Å². The molecule has 23 heavy (non-hydrogen) atoms. The van der Waals surface area contributed by atoms with E-state index in [9.17, 15) is 0 Å². The van der Waals surface area contributed by atoms with Crippen molar-refractivity contribution in [3.8, 4) is 0 Å². The van der Waals surface area contributed by atoms with Crippen molar-refractivity contribution >= 4 is 35.7 Å². The lowest BCUT2D eigenvalue weighted by Gasteiger charge is -2.35. The van der Waals surface area contributed by atoms with E-state index in [1.54, 1.807) is 0 Å². The van der Waals surface area contributed by atoms with Crippen LogP contribution in [0.5, 0.6) is 0 Å². The lowest BCUT2D eigenvalue weighted by atomic mass is 9.95. The van der Waals surface area contributed by atoms with Crippen LogP contribution >= 0.6 is 24.8 Å². The van der Waals surface area contributed by atoms with Gasteiger partial charge in [-0.3, -0.25) is 4.90 Å². The number of aromatic amines is 1. The summed E-state index contributed by atoms with van der Waals surface area (Å²) in [7, 11) is 0. The van der Waals surface area contributed by atoms with Gasteiger partial charge in [-0.05, 0) is 47.9 Å². The zero-order valence-corrected chi connectivity index (χ0v) is 15.7. The van der Waals surface area contributed by atoms with Gasteiger partial charge in [0.1, 0.15) is 0 Å². The first kappa shape index (κ1) is 20.3. The first-order valence-electron chi connectivity index (χ1n) is 8.26. The molecule has 1 saturated heterocycles. The van der Waals surface area contributed by atoms with Gasteiger partial charge in [0.15, 0.2) is 0 Å². The maximum Gasteiger partial charge on any atom is 0.0454 e. The molecule has 1 aromatic carbocycles. The summed E-state index contributed by atoms with van der Waals surface area (Å²) in [5.74, 6) is 0.770. The second-order valence-electron chi connectivity index (χ2n) is 6.60. The third-order valence-electron chi connectivity index (χ3n) is 4.57. The van der Waals surface area contributed by atoms with E-state index in [1.807, 2.05) is 6.20 Å². The van der Waals surface area contributed by atoms with E-state index >= 15 is 0 Å². The van der Waals surface area contributed by atoms with E-state index in [-0.39, 0.29) is 24.8 Å². The van der Waals surface area contributed by atoms with Crippen LogP contribution in [0.1, 0.15) is 38.3 Å². The third-order valence-corrected chi connectivity index (χ3v) is 4.57. The second kappa shape index (κ2) is 9.53. The first-order valence-corrected chi connectivity index (χ1v) is 8.26. The summed E-state index contributed by atoms with van der Waals surface area (Å²) < 4.78 is 0. The fraction of sp³-hybridized carbons (Fsp3) is 0.556.